The maximum absolute atomic E-state index is 12.4. The molecule has 0 aliphatic heterocycles. The van der Waals surface area contributed by atoms with Gasteiger partial charge in [-0.2, -0.15) is 10.1 Å². The van der Waals surface area contributed by atoms with E-state index in [1.54, 1.807) is 0 Å². The van der Waals surface area contributed by atoms with Gasteiger partial charge in [0.05, 0.1) is 0 Å². The molecular weight excluding hydrogens is 272 g/mol. The molecule has 0 aliphatic rings. The van der Waals surface area contributed by atoms with Crippen molar-refractivity contribution in [1.29, 1.82) is 0 Å². The number of hydrogen-bond acceptors (Lipinski definition) is 6. The van der Waals surface area contributed by atoms with Crippen molar-refractivity contribution in [2.75, 3.05) is 5.32 Å². The van der Waals surface area contributed by atoms with Gasteiger partial charge in [0.1, 0.15) is 18.7 Å². The average Bonchev–Trinajstić information content (AvgIpc) is 3.19. The molecule has 21 heavy (non-hydrogen) atoms. The van der Waals surface area contributed by atoms with Crippen LogP contribution in [0.15, 0.2) is 43.0 Å². The molecule has 1 unspecified atom stereocenters. The molecule has 0 spiro atoms. The van der Waals surface area contributed by atoms with E-state index in [9.17, 15) is 4.79 Å². The molecule has 0 radical (unpaired) electrons. The maximum atomic E-state index is 12.4. The number of benzene rings is 1. The zero-order valence-corrected chi connectivity index (χ0v) is 10.9. The standard InChI is InChI=1S/C12H12N8O/c21-11(16-12-13-7-14-17-12)10(20-8-15-18-19-20)6-9-4-2-1-3-5-9/h1-5,7-8,10H,6H2,(H2,13,14,16,17,21). The van der Waals surface area contributed by atoms with Crippen LogP contribution < -0.4 is 5.32 Å². The minimum absolute atomic E-state index is 0.275. The SMILES string of the molecule is O=C(Nc1ncn[nH]1)C(Cc1ccccc1)n1cnnn1. The molecule has 1 amide bonds. The molecule has 9 heteroatoms. The van der Waals surface area contributed by atoms with E-state index in [4.69, 9.17) is 0 Å². The zero-order valence-electron chi connectivity index (χ0n) is 10.9. The molecular formula is C12H12N8O. The first-order valence-corrected chi connectivity index (χ1v) is 6.25. The van der Waals surface area contributed by atoms with Crippen LogP contribution in [0, 0.1) is 0 Å². The van der Waals surface area contributed by atoms with Gasteiger partial charge in [0.25, 0.3) is 5.91 Å². The predicted molar refractivity (Wildman–Crippen MR) is 72.0 cm³/mol. The molecule has 0 saturated heterocycles. The van der Waals surface area contributed by atoms with Crippen molar-refractivity contribution in [3.8, 4) is 0 Å². The van der Waals surface area contributed by atoms with Gasteiger partial charge in [-0.1, -0.05) is 30.3 Å². The number of aromatic nitrogens is 7. The number of H-pyrrole nitrogens is 1. The molecule has 0 fully saturated rings. The van der Waals surface area contributed by atoms with Gasteiger partial charge in [0.2, 0.25) is 5.95 Å². The van der Waals surface area contributed by atoms with Crippen LogP contribution in [0.3, 0.4) is 0 Å². The number of tetrazole rings is 1. The minimum Gasteiger partial charge on any atom is -0.293 e. The molecule has 2 heterocycles. The molecule has 2 aromatic heterocycles. The highest BCUT2D eigenvalue weighted by molar-refractivity contribution is 5.92. The highest BCUT2D eigenvalue weighted by Gasteiger charge is 2.23. The van der Waals surface area contributed by atoms with Gasteiger partial charge < -0.3 is 0 Å². The van der Waals surface area contributed by atoms with Crippen molar-refractivity contribution in [1.82, 2.24) is 35.4 Å². The van der Waals surface area contributed by atoms with Crippen molar-refractivity contribution in [3.05, 3.63) is 48.5 Å². The first-order valence-electron chi connectivity index (χ1n) is 6.25. The Balaban J connectivity index is 1.81. The molecule has 1 aromatic carbocycles. The van der Waals surface area contributed by atoms with E-state index in [1.165, 1.54) is 17.3 Å². The van der Waals surface area contributed by atoms with E-state index in [0.717, 1.165) is 5.56 Å². The van der Waals surface area contributed by atoms with Gasteiger partial charge in [0.15, 0.2) is 0 Å². The Hall–Kier alpha value is -3.10. The van der Waals surface area contributed by atoms with Gasteiger partial charge in [0, 0.05) is 6.42 Å². The van der Waals surface area contributed by atoms with E-state index < -0.39 is 6.04 Å². The summed E-state index contributed by atoms with van der Waals surface area (Å²) in [5, 5.41) is 19.9. The lowest BCUT2D eigenvalue weighted by Crippen LogP contribution is -2.28. The van der Waals surface area contributed by atoms with E-state index in [1.807, 2.05) is 30.3 Å². The Bertz CT molecular complexity index is 679. The lowest BCUT2D eigenvalue weighted by molar-refractivity contribution is -0.119. The fourth-order valence-electron chi connectivity index (χ4n) is 1.92. The van der Waals surface area contributed by atoms with E-state index >= 15 is 0 Å². The first-order chi connectivity index (χ1) is 10.3. The lowest BCUT2D eigenvalue weighted by atomic mass is 10.1. The van der Waals surface area contributed by atoms with Crippen LogP contribution in [0.25, 0.3) is 0 Å². The van der Waals surface area contributed by atoms with Gasteiger partial charge >= 0.3 is 0 Å². The lowest BCUT2D eigenvalue weighted by Gasteiger charge is -2.15. The average molecular weight is 284 g/mol. The van der Waals surface area contributed by atoms with Gasteiger partial charge in [-0.25, -0.2) is 9.78 Å². The Kier molecular flexibility index (Phi) is 3.63. The fraction of sp³-hybridized carbons (Fsp3) is 0.167. The van der Waals surface area contributed by atoms with Crippen LogP contribution in [-0.4, -0.2) is 41.3 Å². The minimum atomic E-state index is -0.576. The summed E-state index contributed by atoms with van der Waals surface area (Å²) >= 11 is 0. The number of hydrogen-bond donors (Lipinski definition) is 2. The summed E-state index contributed by atoms with van der Waals surface area (Å²) in [5.41, 5.74) is 1.01. The molecule has 106 valence electrons. The van der Waals surface area contributed by atoms with Gasteiger partial charge in [-0.3, -0.25) is 10.1 Å². The number of nitrogens with zero attached hydrogens (tertiary/aromatic N) is 6. The van der Waals surface area contributed by atoms with E-state index in [0.29, 0.717) is 6.42 Å². The first kappa shape index (κ1) is 12.9. The van der Waals surface area contributed by atoms with Crippen LogP contribution in [0.4, 0.5) is 5.95 Å². The molecule has 3 aromatic rings. The Morgan fingerprint density at radius 1 is 1.33 bits per heavy atom. The second kappa shape index (κ2) is 5.90. The predicted octanol–water partition coefficient (Wildman–Crippen LogP) is 0.214. The molecule has 3 rings (SSSR count). The third-order valence-corrected chi connectivity index (χ3v) is 2.92. The van der Waals surface area contributed by atoms with Crippen molar-refractivity contribution >= 4 is 11.9 Å². The number of carbonyl (C=O) groups excluding carboxylic acids is 1. The summed E-state index contributed by atoms with van der Waals surface area (Å²) in [5.74, 6) is 0.00837. The van der Waals surface area contributed by atoms with Crippen LogP contribution in [-0.2, 0) is 11.2 Å². The molecule has 0 aliphatic carbocycles. The van der Waals surface area contributed by atoms with E-state index in [2.05, 4.69) is 36.0 Å². The van der Waals surface area contributed by atoms with Crippen molar-refractivity contribution in [2.24, 2.45) is 0 Å². The number of amides is 1. The maximum Gasteiger partial charge on any atom is 0.252 e. The van der Waals surface area contributed by atoms with E-state index in [-0.39, 0.29) is 11.9 Å². The highest BCUT2D eigenvalue weighted by Crippen LogP contribution is 2.14. The third kappa shape index (κ3) is 3.08. The highest BCUT2D eigenvalue weighted by atomic mass is 16.2. The number of aromatic amines is 1. The van der Waals surface area contributed by atoms with Crippen LogP contribution >= 0.6 is 0 Å². The molecule has 9 nitrogen and oxygen atoms in total. The number of carbonyl (C=O) groups is 1. The summed E-state index contributed by atoms with van der Waals surface area (Å²) < 4.78 is 1.42. The Morgan fingerprint density at radius 3 is 2.86 bits per heavy atom. The summed E-state index contributed by atoms with van der Waals surface area (Å²) in [7, 11) is 0. The largest absolute Gasteiger partial charge is 0.293 e. The van der Waals surface area contributed by atoms with Crippen molar-refractivity contribution < 1.29 is 4.79 Å². The van der Waals surface area contributed by atoms with Crippen LogP contribution in [0.2, 0.25) is 0 Å². The van der Waals surface area contributed by atoms with Crippen molar-refractivity contribution in [2.45, 2.75) is 12.5 Å². The number of anilines is 1. The summed E-state index contributed by atoms with van der Waals surface area (Å²) in [6.45, 7) is 0. The smallest absolute Gasteiger partial charge is 0.252 e. The third-order valence-electron chi connectivity index (χ3n) is 2.92. The molecule has 0 bridgehead atoms. The second-order valence-electron chi connectivity index (χ2n) is 4.32. The fourth-order valence-corrected chi connectivity index (χ4v) is 1.92. The summed E-state index contributed by atoms with van der Waals surface area (Å²) in [4.78, 5) is 16.3. The number of rotatable bonds is 5. The Morgan fingerprint density at radius 2 is 2.19 bits per heavy atom. The normalized spacial score (nSPS) is 12.0. The van der Waals surface area contributed by atoms with Gasteiger partial charge in [-0.05, 0) is 16.0 Å². The topological polar surface area (TPSA) is 114 Å². The second-order valence-corrected chi connectivity index (χ2v) is 4.32. The quantitative estimate of drug-likeness (QED) is 0.692. The number of nitrogens with one attached hydrogen (secondary N) is 2. The summed E-state index contributed by atoms with van der Waals surface area (Å²) in [6, 6.07) is 9.07. The zero-order chi connectivity index (χ0) is 14.5. The van der Waals surface area contributed by atoms with Crippen LogP contribution in [0.1, 0.15) is 11.6 Å². The van der Waals surface area contributed by atoms with Crippen molar-refractivity contribution in [3.63, 3.8) is 0 Å². The molecule has 2 N–H and O–H groups in total. The summed E-state index contributed by atoms with van der Waals surface area (Å²) in [6.07, 6.45) is 3.19. The van der Waals surface area contributed by atoms with Gasteiger partial charge in [-0.15, -0.1) is 5.10 Å². The van der Waals surface area contributed by atoms with Crippen LogP contribution in [0.5, 0.6) is 0 Å². The molecule has 0 saturated carbocycles. The molecule has 1 atom stereocenters. The monoisotopic (exact) mass is 284 g/mol. The Labute approximate surface area is 119 Å².